The van der Waals surface area contributed by atoms with Gasteiger partial charge in [-0.2, -0.15) is 0 Å². The van der Waals surface area contributed by atoms with Crippen LogP contribution in [0.15, 0.2) is 26.8 Å². The van der Waals surface area contributed by atoms with Gasteiger partial charge >= 0.3 is 0 Å². The van der Waals surface area contributed by atoms with Crippen LogP contribution in [0.2, 0.25) is 0 Å². The van der Waals surface area contributed by atoms with E-state index in [9.17, 15) is 0 Å². The molecule has 0 saturated heterocycles. The van der Waals surface area contributed by atoms with Crippen molar-refractivity contribution in [1.29, 1.82) is 0 Å². The van der Waals surface area contributed by atoms with Crippen molar-refractivity contribution in [2.75, 3.05) is 17.3 Å². The minimum atomic E-state index is 1.26. The molecule has 0 N–H and O–H groups in total. The van der Waals surface area contributed by atoms with Crippen molar-refractivity contribution in [1.82, 2.24) is 0 Å². The van der Waals surface area contributed by atoms with Gasteiger partial charge < -0.3 is 0 Å². The number of thioether (sulfide) groups is 3. The zero-order valence-electron chi connectivity index (χ0n) is 22.2. The van der Waals surface area contributed by atoms with Gasteiger partial charge in [-0.3, -0.25) is 0 Å². The molecule has 0 aliphatic heterocycles. The fourth-order valence-electron chi connectivity index (χ4n) is 3.99. The molecule has 0 bridgehead atoms. The summed E-state index contributed by atoms with van der Waals surface area (Å²) in [4.78, 5) is 4.55. The number of benzene rings is 1. The van der Waals surface area contributed by atoms with Crippen molar-refractivity contribution >= 4 is 35.3 Å². The van der Waals surface area contributed by atoms with Gasteiger partial charge in [0.15, 0.2) is 0 Å². The highest BCUT2D eigenvalue weighted by atomic mass is 32.2. The van der Waals surface area contributed by atoms with E-state index in [-0.39, 0.29) is 0 Å². The Bertz CT molecular complexity index is 507. The second-order valence-electron chi connectivity index (χ2n) is 9.36. The van der Waals surface area contributed by atoms with Gasteiger partial charge in [-0.1, -0.05) is 117 Å². The molecule has 0 heterocycles. The molecule has 0 aliphatic carbocycles. The van der Waals surface area contributed by atoms with Crippen molar-refractivity contribution < 1.29 is 0 Å². The van der Waals surface area contributed by atoms with E-state index in [1.165, 1.54) is 143 Å². The van der Waals surface area contributed by atoms with E-state index in [0.717, 1.165) is 0 Å². The molecule has 0 amide bonds. The van der Waals surface area contributed by atoms with Crippen LogP contribution in [-0.4, -0.2) is 17.3 Å². The molecule has 0 aromatic heterocycles. The Hall–Kier alpha value is 0.270. The maximum atomic E-state index is 3.48. The molecule has 0 fully saturated rings. The lowest BCUT2D eigenvalue weighted by molar-refractivity contribution is 0.626. The summed E-state index contributed by atoms with van der Waals surface area (Å²) in [7, 11) is 0. The Morgan fingerprint density at radius 2 is 0.788 bits per heavy atom. The normalized spacial score (nSPS) is 11.4. The van der Waals surface area contributed by atoms with Crippen LogP contribution in [0.1, 0.15) is 136 Å². The third kappa shape index (κ3) is 17.4. The monoisotopic (exact) mass is 509 g/mol. The highest BCUT2D eigenvalue weighted by molar-refractivity contribution is 8.03. The molecule has 1 rings (SSSR count). The first-order valence-electron chi connectivity index (χ1n) is 14.3. The average molecular weight is 510 g/mol. The van der Waals surface area contributed by atoms with Gasteiger partial charge in [0.1, 0.15) is 0 Å². The van der Waals surface area contributed by atoms with E-state index >= 15 is 0 Å². The van der Waals surface area contributed by atoms with E-state index in [1.807, 2.05) is 0 Å². The van der Waals surface area contributed by atoms with Crippen LogP contribution < -0.4 is 0 Å². The van der Waals surface area contributed by atoms with Gasteiger partial charge in [-0.15, -0.1) is 35.3 Å². The Balaban J connectivity index is 2.51. The Kier molecular flexibility index (Phi) is 22.8. The zero-order valence-corrected chi connectivity index (χ0v) is 24.7. The third-order valence-electron chi connectivity index (χ3n) is 6.13. The lowest BCUT2D eigenvalue weighted by Crippen LogP contribution is -1.91. The molecular weight excluding hydrogens is 457 g/mol. The van der Waals surface area contributed by atoms with E-state index in [2.05, 4.69) is 74.3 Å². The van der Waals surface area contributed by atoms with Gasteiger partial charge in [-0.25, -0.2) is 0 Å². The molecule has 0 atom stereocenters. The van der Waals surface area contributed by atoms with Crippen molar-refractivity contribution in [3.8, 4) is 0 Å². The van der Waals surface area contributed by atoms with Crippen molar-refractivity contribution in [3.05, 3.63) is 18.2 Å². The van der Waals surface area contributed by atoms with E-state index in [1.54, 1.807) is 4.90 Å². The summed E-state index contributed by atoms with van der Waals surface area (Å²) < 4.78 is 0. The smallest absolute Gasteiger partial charge is 0.0345 e. The van der Waals surface area contributed by atoms with Crippen LogP contribution >= 0.6 is 35.3 Å². The first kappa shape index (κ1) is 31.3. The van der Waals surface area contributed by atoms with Crippen LogP contribution in [0, 0.1) is 6.07 Å². The molecule has 33 heavy (non-hydrogen) atoms. The van der Waals surface area contributed by atoms with Gasteiger partial charge in [0.05, 0.1) is 0 Å². The predicted molar refractivity (Wildman–Crippen MR) is 158 cm³/mol. The SMILES string of the molecule is CCCCCCCCSc1c[c]cc(SCCCCCCCC)c1SCCCCCCCC. The molecule has 191 valence electrons. The highest BCUT2D eigenvalue weighted by Gasteiger charge is 2.11. The van der Waals surface area contributed by atoms with Crippen LogP contribution in [0.3, 0.4) is 0 Å². The number of hydrogen-bond acceptors (Lipinski definition) is 3. The minimum absolute atomic E-state index is 1.26. The molecule has 1 aromatic carbocycles. The largest absolute Gasteiger partial charge is 0.125 e. The first-order valence-corrected chi connectivity index (χ1v) is 17.2. The molecule has 0 saturated carbocycles. The molecule has 0 nitrogen and oxygen atoms in total. The predicted octanol–water partition coefficient (Wildman–Crippen LogP) is 11.8. The second kappa shape index (κ2) is 24.0. The van der Waals surface area contributed by atoms with E-state index < -0.39 is 0 Å². The summed E-state index contributed by atoms with van der Waals surface area (Å²) in [6.07, 6.45) is 25.0. The van der Waals surface area contributed by atoms with Gasteiger partial charge in [-0.05, 0) is 54.7 Å². The number of rotatable bonds is 24. The fourth-order valence-corrected chi connectivity index (χ4v) is 7.64. The molecule has 0 aliphatic rings. The number of unbranched alkanes of at least 4 members (excludes halogenated alkanes) is 15. The van der Waals surface area contributed by atoms with Crippen LogP contribution in [0.5, 0.6) is 0 Å². The molecular formula is C30H53S3. The molecule has 0 unspecified atom stereocenters. The zero-order chi connectivity index (χ0) is 23.8. The Morgan fingerprint density at radius 3 is 1.18 bits per heavy atom. The van der Waals surface area contributed by atoms with Gasteiger partial charge in [0.25, 0.3) is 0 Å². The lowest BCUT2D eigenvalue weighted by Gasteiger charge is -2.14. The van der Waals surface area contributed by atoms with Gasteiger partial charge in [0, 0.05) is 14.7 Å². The van der Waals surface area contributed by atoms with Crippen molar-refractivity contribution in [2.24, 2.45) is 0 Å². The Labute approximate surface area is 221 Å². The van der Waals surface area contributed by atoms with Crippen LogP contribution in [0.4, 0.5) is 0 Å². The van der Waals surface area contributed by atoms with E-state index in [0.29, 0.717) is 0 Å². The summed E-state index contributed by atoms with van der Waals surface area (Å²) in [5, 5.41) is 0. The fraction of sp³-hybridized carbons (Fsp3) is 0.800. The quantitative estimate of drug-likeness (QED) is 0.100. The Morgan fingerprint density at radius 1 is 0.455 bits per heavy atom. The van der Waals surface area contributed by atoms with Crippen LogP contribution in [0.25, 0.3) is 0 Å². The lowest BCUT2D eigenvalue weighted by atomic mass is 10.1. The highest BCUT2D eigenvalue weighted by Crippen LogP contribution is 2.39. The molecule has 0 spiro atoms. The summed E-state index contributed by atoms with van der Waals surface area (Å²) in [6.45, 7) is 6.90. The molecule has 1 radical (unpaired) electrons. The maximum Gasteiger partial charge on any atom is 0.0345 e. The van der Waals surface area contributed by atoms with Crippen molar-refractivity contribution in [3.63, 3.8) is 0 Å². The molecule has 3 heteroatoms. The van der Waals surface area contributed by atoms with E-state index in [4.69, 9.17) is 0 Å². The summed E-state index contributed by atoms with van der Waals surface area (Å²) in [6, 6.07) is 8.01. The van der Waals surface area contributed by atoms with Crippen molar-refractivity contribution in [2.45, 2.75) is 151 Å². The maximum absolute atomic E-state index is 3.48. The summed E-state index contributed by atoms with van der Waals surface area (Å²) in [5.41, 5.74) is 0. The van der Waals surface area contributed by atoms with Gasteiger partial charge in [0.2, 0.25) is 0 Å². The third-order valence-corrected chi connectivity index (χ3v) is 9.86. The van der Waals surface area contributed by atoms with Crippen LogP contribution in [-0.2, 0) is 0 Å². The topological polar surface area (TPSA) is 0 Å². The second-order valence-corrected chi connectivity index (χ2v) is 12.7. The molecule has 1 aromatic rings. The standard InChI is InChI=1S/C30H53S3/c1-4-7-10-13-16-19-25-31-28-23-22-24-29(32-26-20-17-14-11-8-5-2)30(28)33-27-21-18-15-12-9-6-3/h23-24H,4-21,25-27H2,1-3H3. The number of hydrogen-bond donors (Lipinski definition) is 0. The average Bonchev–Trinajstić information content (AvgIpc) is 2.83. The summed E-state index contributed by atoms with van der Waals surface area (Å²) in [5.74, 6) is 3.79. The minimum Gasteiger partial charge on any atom is -0.125 e. The first-order chi connectivity index (χ1) is 16.3. The summed E-state index contributed by atoms with van der Waals surface area (Å²) >= 11 is 6.30.